The van der Waals surface area contributed by atoms with Gasteiger partial charge in [0.1, 0.15) is 10.4 Å². The zero-order valence-electron chi connectivity index (χ0n) is 13.4. The second-order valence-electron chi connectivity index (χ2n) is 6.95. The van der Waals surface area contributed by atoms with Crippen molar-refractivity contribution in [3.05, 3.63) is 46.3 Å². The second kappa shape index (κ2) is 6.27. The molecule has 0 radical (unpaired) electrons. The van der Waals surface area contributed by atoms with Crippen LogP contribution in [-0.2, 0) is 11.8 Å². The molecule has 0 spiro atoms. The third-order valence-corrected chi connectivity index (χ3v) is 3.64. The average Bonchev–Trinajstić information content (AvgIpc) is 2.36. The van der Waals surface area contributed by atoms with Crippen LogP contribution in [0.1, 0.15) is 46.0 Å². The van der Waals surface area contributed by atoms with E-state index in [1.54, 1.807) is 0 Å². The highest BCUT2D eigenvalue weighted by atomic mass is 79.9. The van der Waals surface area contributed by atoms with E-state index in [0.717, 1.165) is 28.1 Å². The maximum atomic E-state index is 4.75. The number of rotatable bonds is 3. The van der Waals surface area contributed by atoms with Crippen LogP contribution in [0.15, 0.2) is 34.9 Å². The smallest absolute Gasteiger partial charge is 0.135 e. The summed E-state index contributed by atoms with van der Waals surface area (Å²) < 4.78 is 0.840. The molecule has 2 aromatic rings. The van der Waals surface area contributed by atoms with Gasteiger partial charge in [0, 0.05) is 11.0 Å². The lowest BCUT2D eigenvalue weighted by Gasteiger charge is -2.18. The number of hydrogen-bond donors (Lipinski definition) is 0. The summed E-state index contributed by atoms with van der Waals surface area (Å²) in [6, 6.07) is 10.6. The van der Waals surface area contributed by atoms with Gasteiger partial charge >= 0.3 is 0 Å². The van der Waals surface area contributed by atoms with Gasteiger partial charge in [-0.05, 0) is 46.0 Å². The standard InChI is InChI=1S/C18H23BrN2/c1-12(2)9-13-7-6-8-14(10-13)15-11-16(19)21-17(20-15)18(3,4)5/h6-8,10-12H,9H2,1-5H3. The molecule has 21 heavy (non-hydrogen) atoms. The average molecular weight is 347 g/mol. The monoisotopic (exact) mass is 346 g/mol. The lowest BCUT2D eigenvalue weighted by atomic mass is 9.95. The van der Waals surface area contributed by atoms with E-state index in [1.165, 1.54) is 5.56 Å². The molecule has 0 atom stereocenters. The molecule has 2 rings (SSSR count). The number of nitrogens with zero attached hydrogens (tertiary/aromatic N) is 2. The molecule has 3 heteroatoms. The summed E-state index contributed by atoms with van der Waals surface area (Å²) in [5.41, 5.74) is 3.43. The van der Waals surface area contributed by atoms with Crippen molar-refractivity contribution in [2.45, 2.75) is 46.5 Å². The number of benzene rings is 1. The van der Waals surface area contributed by atoms with Crippen molar-refractivity contribution in [3.63, 3.8) is 0 Å². The number of hydrogen-bond acceptors (Lipinski definition) is 2. The van der Waals surface area contributed by atoms with Crippen LogP contribution in [0.2, 0.25) is 0 Å². The van der Waals surface area contributed by atoms with Gasteiger partial charge in [-0.2, -0.15) is 0 Å². The first-order valence-electron chi connectivity index (χ1n) is 7.40. The molecule has 0 saturated carbocycles. The van der Waals surface area contributed by atoms with E-state index in [-0.39, 0.29) is 5.41 Å². The van der Waals surface area contributed by atoms with Gasteiger partial charge in [-0.1, -0.05) is 52.8 Å². The van der Waals surface area contributed by atoms with E-state index in [0.29, 0.717) is 5.92 Å². The highest BCUT2D eigenvalue weighted by Crippen LogP contribution is 2.26. The molecule has 112 valence electrons. The van der Waals surface area contributed by atoms with Crippen molar-refractivity contribution in [3.8, 4) is 11.3 Å². The predicted octanol–water partition coefficient (Wildman–Crippen LogP) is 5.40. The summed E-state index contributed by atoms with van der Waals surface area (Å²) in [6.45, 7) is 10.9. The fourth-order valence-corrected chi connectivity index (χ4v) is 2.61. The molecule has 0 saturated heterocycles. The largest absolute Gasteiger partial charge is 0.232 e. The minimum absolute atomic E-state index is 0.0614. The van der Waals surface area contributed by atoms with Crippen LogP contribution in [0.25, 0.3) is 11.3 Å². The molecule has 0 aliphatic rings. The summed E-state index contributed by atoms with van der Waals surface area (Å²) in [7, 11) is 0. The highest BCUT2D eigenvalue weighted by molar-refractivity contribution is 9.10. The fraction of sp³-hybridized carbons (Fsp3) is 0.444. The van der Waals surface area contributed by atoms with Crippen molar-refractivity contribution < 1.29 is 0 Å². The van der Waals surface area contributed by atoms with Crippen LogP contribution < -0.4 is 0 Å². The van der Waals surface area contributed by atoms with Crippen molar-refractivity contribution in [1.82, 2.24) is 9.97 Å². The molecule has 0 bridgehead atoms. The number of aromatic nitrogens is 2. The quantitative estimate of drug-likeness (QED) is 0.695. The van der Waals surface area contributed by atoms with Gasteiger partial charge < -0.3 is 0 Å². The Kier molecular flexibility index (Phi) is 4.82. The van der Waals surface area contributed by atoms with E-state index >= 15 is 0 Å². The van der Waals surface area contributed by atoms with Gasteiger partial charge in [-0.25, -0.2) is 9.97 Å². The van der Waals surface area contributed by atoms with Crippen LogP contribution in [0.3, 0.4) is 0 Å². The van der Waals surface area contributed by atoms with Gasteiger partial charge in [0.15, 0.2) is 0 Å². The Morgan fingerprint density at radius 1 is 1.10 bits per heavy atom. The van der Waals surface area contributed by atoms with Gasteiger partial charge in [0.2, 0.25) is 0 Å². The van der Waals surface area contributed by atoms with Crippen molar-refractivity contribution in [1.29, 1.82) is 0 Å². The van der Waals surface area contributed by atoms with E-state index < -0.39 is 0 Å². The van der Waals surface area contributed by atoms with Gasteiger partial charge in [0.05, 0.1) is 5.69 Å². The fourth-order valence-electron chi connectivity index (χ4n) is 2.23. The van der Waals surface area contributed by atoms with E-state index in [2.05, 4.69) is 79.8 Å². The summed E-state index contributed by atoms with van der Waals surface area (Å²) in [5, 5.41) is 0. The first kappa shape index (κ1) is 16.2. The minimum Gasteiger partial charge on any atom is -0.232 e. The Hall–Kier alpha value is -1.22. The summed E-state index contributed by atoms with van der Waals surface area (Å²) in [4.78, 5) is 9.26. The van der Waals surface area contributed by atoms with Crippen LogP contribution in [0.4, 0.5) is 0 Å². The molecule has 2 nitrogen and oxygen atoms in total. The zero-order chi connectivity index (χ0) is 15.6. The summed E-state index contributed by atoms with van der Waals surface area (Å²) >= 11 is 3.51. The molecule has 1 aromatic carbocycles. The van der Waals surface area contributed by atoms with Crippen LogP contribution in [0, 0.1) is 5.92 Å². The topological polar surface area (TPSA) is 25.8 Å². The Balaban J connectivity index is 2.44. The first-order chi connectivity index (χ1) is 9.75. The van der Waals surface area contributed by atoms with Crippen molar-refractivity contribution >= 4 is 15.9 Å². The van der Waals surface area contributed by atoms with Gasteiger partial charge in [0.25, 0.3) is 0 Å². The summed E-state index contributed by atoms with van der Waals surface area (Å²) in [6.07, 6.45) is 1.09. The second-order valence-corrected chi connectivity index (χ2v) is 7.76. The van der Waals surface area contributed by atoms with Crippen LogP contribution >= 0.6 is 15.9 Å². The third kappa shape index (κ3) is 4.37. The Labute approximate surface area is 136 Å². The molecule has 0 fully saturated rings. The van der Waals surface area contributed by atoms with E-state index in [1.807, 2.05) is 6.07 Å². The zero-order valence-corrected chi connectivity index (χ0v) is 15.0. The Bertz CT molecular complexity index is 627. The lowest BCUT2D eigenvalue weighted by Crippen LogP contribution is -2.16. The maximum absolute atomic E-state index is 4.75. The van der Waals surface area contributed by atoms with Crippen molar-refractivity contribution in [2.75, 3.05) is 0 Å². The van der Waals surface area contributed by atoms with Crippen LogP contribution in [0.5, 0.6) is 0 Å². The summed E-state index contributed by atoms with van der Waals surface area (Å²) in [5.74, 6) is 1.52. The van der Waals surface area contributed by atoms with Crippen LogP contribution in [-0.4, -0.2) is 9.97 Å². The predicted molar refractivity (Wildman–Crippen MR) is 92.4 cm³/mol. The molecule has 1 heterocycles. The minimum atomic E-state index is -0.0614. The Morgan fingerprint density at radius 3 is 2.43 bits per heavy atom. The molecule has 0 unspecified atom stereocenters. The molecule has 0 aliphatic carbocycles. The number of halogens is 1. The molecular formula is C18H23BrN2. The molecule has 0 aliphatic heterocycles. The molecule has 0 amide bonds. The van der Waals surface area contributed by atoms with E-state index in [4.69, 9.17) is 4.98 Å². The highest BCUT2D eigenvalue weighted by Gasteiger charge is 2.19. The SMILES string of the molecule is CC(C)Cc1cccc(-c2cc(Br)nc(C(C)(C)C)n2)c1. The first-order valence-corrected chi connectivity index (χ1v) is 8.19. The van der Waals surface area contributed by atoms with Crippen molar-refractivity contribution in [2.24, 2.45) is 5.92 Å². The third-order valence-electron chi connectivity index (χ3n) is 3.23. The molecular weight excluding hydrogens is 324 g/mol. The van der Waals surface area contributed by atoms with Gasteiger partial charge in [-0.3, -0.25) is 0 Å². The molecule has 1 aromatic heterocycles. The molecule has 0 N–H and O–H groups in total. The Morgan fingerprint density at radius 2 is 1.81 bits per heavy atom. The normalized spacial score (nSPS) is 12.0. The lowest BCUT2D eigenvalue weighted by molar-refractivity contribution is 0.544. The van der Waals surface area contributed by atoms with E-state index in [9.17, 15) is 0 Å². The maximum Gasteiger partial charge on any atom is 0.135 e. The van der Waals surface area contributed by atoms with Gasteiger partial charge in [-0.15, -0.1) is 0 Å².